The van der Waals surface area contributed by atoms with E-state index in [0.29, 0.717) is 16.7 Å². The van der Waals surface area contributed by atoms with Gasteiger partial charge in [0, 0.05) is 22.5 Å². The molecule has 0 spiro atoms. The number of rotatable bonds is 8. The van der Waals surface area contributed by atoms with Crippen molar-refractivity contribution in [1.82, 2.24) is 4.72 Å². The number of ether oxygens (including phenoxy) is 1. The molecule has 0 saturated heterocycles. The van der Waals surface area contributed by atoms with Gasteiger partial charge < -0.3 is 9.29 Å². The van der Waals surface area contributed by atoms with Crippen LogP contribution in [0.2, 0.25) is 0 Å². The molecule has 1 saturated carbocycles. The molecule has 0 amide bonds. The fraction of sp³-hybridized carbons (Fsp3) is 0.500. The molecule has 2 atom stereocenters. The van der Waals surface area contributed by atoms with Crippen LogP contribution in [0.25, 0.3) is 11.1 Å². The van der Waals surface area contributed by atoms with Crippen molar-refractivity contribution in [3.8, 4) is 11.1 Å². The molecular formula is C26H33F2NO3S. The van der Waals surface area contributed by atoms with Gasteiger partial charge in [-0.15, -0.1) is 4.72 Å². The Kier molecular flexibility index (Phi) is 7.87. The zero-order valence-electron chi connectivity index (χ0n) is 20.2. The molecule has 1 aliphatic rings. The van der Waals surface area contributed by atoms with Gasteiger partial charge in [-0.25, -0.2) is 8.78 Å². The van der Waals surface area contributed by atoms with E-state index in [0.717, 1.165) is 24.0 Å². The van der Waals surface area contributed by atoms with Crippen molar-refractivity contribution in [2.24, 2.45) is 0 Å². The second-order valence-corrected chi connectivity index (χ2v) is 11.7. The SMILES string of the molecule is CCOC(=O)C[C@H](N[S+]([O-])C(C)(C)C)c1c(F)c(-c2c(C)cccc2C)cc(C2CC2)c1F. The fourth-order valence-corrected chi connectivity index (χ4v) is 4.81. The third-order valence-electron chi connectivity index (χ3n) is 5.86. The minimum absolute atomic E-state index is 0.0174. The van der Waals surface area contributed by atoms with E-state index >= 15 is 8.78 Å². The Morgan fingerprint density at radius 1 is 1.21 bits per heavy atom. The van der Waals surface area contributed by atoms with Crippen LogP contribution in [0.1, 0.15) is 81.2 Å². The van der Waals surface area contributed by atoms with Gasteiger partial charge in [-0.3, -0.25) is 4.79 Å². The fourth-order valence-electron chi connectivity index (χ4n) is 3.99. The van der Waals surface area contributed by atoms with Crippen molar-refractivity contribution in [2.75, 3.05) is 6.61 Å². The van der Waals surface area contributed by atoms with E-state index in [1.54, 1.807) is 33.8 Å². The summed E-state index contributed by atoms with van der Waals surface area (Å²) in [5.41, 5.74) is 2.97. The lowest BCUT2D eigenvalue weighted by Gasteiger charge is -2.29. The maximum atomic E-state index is 16.1. The van der Waals surface area contributed by atoms with Gasteiger partial charge in [0.1, 0.15) is 16.4 Å². The highest BCUT2D eigenvalue weighted by molar-refractivity contribution is 7.90. The second-order valence-electron chi connectivity index (χ2n) is 9.66. The van der Waals surface area contributed by atoms with Gasteiger partial charge in [0.15, 0.2) is 0 Å². The summed E-state index contributed by atoms with van der Waals surface area (Å²) >= 11 is -1.66. The number of esters is 1. The molecule has 2 aromatic rings. The molecule has 33 heavy (non-hydrogen) atoms. The minimum Gasteiger partial charge on any atom is -0.598 e. The zero-order chi connectivity index (χ0) is 24.5. The summed E-state index contributed by atoms with van der Waals surface area (Å²) in [6.07, 6.45) is 1.33. The summed E-state index contributed by atoms with van der Waals surface area (Å²) in [7, 11) is 0. The molecule has 1 unspecified atom stereocenters. The van der Waals surface area contributed by atoms with E-state index in [4.69, 9.17) is 4.74 Å². The van der Waals surface area contributed by atoms with Crippen LogP contribution in [-0.2, 0) is 20.9 Å². The molecule has 1 N–H and O–H groups in total. The average molecular weight is 478 g/mol. The predicted octanol–water partition coefficient (Wildman–Crippen LogP) is 6.17. The van der Waals surface area contributed by atoms with Gasteiger partial charge in [-0.2, -0.15) is 0 Å². The molecule has 180 valence electrons. The largest absolute Gasteiger partial charge is 0.598 e. The Hall–Kier alpha value is -1.96. The van der Waals surface area contributed by atoms with Crippen molar-refractivity contribution in [3.63, 3.8) is 0 Å². The molecule has 0 aromatic heterocycles. The van der Waals surface area contributed by atoms with Gasteiger partial charge in [0.25, 0.3) is 0 Å². The van der Waals surface area contributed by atoms with Crippen molar-refractivity contribution in [3.05, 3.63) is 58.2 Å². The van der Waals surface area contributed by atoms with Gasteiger partial charge >= 0.3 is 5.97 Å². The molecule has 4 nitrogen and oxygen atoms in total. The number of hydrogen-bond acceptors (Lipinski definition) is 4. The Morgan fingerprint density at radius 3 is 2.33 bits per heavy atom. The Bertz CT molecular complexity index is 1010. The maximum Gasteiger partial charge on any atom is 0.307 e. The second kappa shape index (κ2) is 10.1. The smallest absolute Gasteiger partial charge is 0.307 e. The van der Waals surface area contributed by atoms with Crippen LogP contribution in [0.15, 0.2) is 24.3 Å². The van der Waals surface area contributed by atoms with Crippen LogP contribution in [-0.4, -0.2) is 21.9 Å². The van der Waals surface area contributed by atoms with Crippen LogP contribution in [0.4, 0.5) is 8.78 Å². The van der Waals surface area contributed by atoms with E-state index in [9.17, 15) is 9.35 Å². The first kappa shape index (κ1) is 25.7. The van der Waals surface area contributed by atoms with E-state index in [1.807, 2.05) is 32.0 Å². The lowest BCUT2D eigenvalue weighted by atomic mass is 9.88. The molecule has 7 heteroatoms. The summed E-state index contributed by atoms with van der Waals surface area (Å²) in [5, 5.41) is 0. The van der Waals surface area contributed by atoms with Crippen molar-refractivity contribution >= 4 is 17.3 Å². The number of benzene rings is 2. The summed E-state index contributed by atoms with van der Waals surface area (Å²) in [6.45, 7) is 10.9. The van der Waals surface area contributed by atoms with E-state index < -0.39 is 39.8 Å². The maximum absolute atomic E-state index is 16.1. The van der Waals surface area contributed by atoms with Crippen LogP contribution in [0.5, 0.6) is 0 Å². The third-order valence-corrected chi connectivity index (χ3v) is 7.47. The van der Waals surface area contributed by atoms with Crippen LogP contribution in [0.3, 0.4) is 0 Å². The quantitative estimate of drug-likeness (QED) is 0.365. The van der Waals surface area contributed by atoms with Gasteiger partial charge in [-0.1, -0.05) is 18.2 Å². The Labute approximate surface area is 198 Å². The Balaban J connectivity index is 2.21. The number of halogens is 2. The van der Waals surface area contributed by atoms with Gasteiger partial charge in [0.05, 0.1) is 19.1 Å². The normalized spacial score (nSPS) is 15.9. The highest BCUT2D eigenvalue weighted by Crippen LogP contribution is 2.46. The van der Waals surface area contributed by atoms with Crippen LogP contribution in [0, 0.1) is 25.5 Å². The molecule has 3 rings (SSSR count). The number of aryl methyl sites for hydroxylation is 2. The first-order chi connectivity index (χ1) is 15.5. The molecule has 0 aliphatic heterocycles. The van der Waals surface area contributed by atoms with E-state index in [1.165, 1.54) is 0 Å². The van der Waals surface area contributed by atoms with Crippen molar-refractivity contribution < 1.29 is 22.9 Å². The molecular weight excluding hydrogens is 444 g/mol. The summed E-state index contributed by atoms with van der Waals surface area (Å²) in [6, 6.07) is 6.17. The monoisotopic (exact) mass is 477 g/mol. The van der Waals surface area contributed by atoms with Gasteiger partial charge in [-0.05, 0) is 88.6 Å². The molecule has 1 aliphatic carbocycles. The zero-order valence-corrected chi connectivity index (χ0v) is 21.0. The summed E-state index contributed by atoms with van der Waals surface area (Å²) < 4.78 is 52.1. The highest BCUT2D eigenvalue weighted by atomic mass is 32.2. The average Bonchev–Trinajstić information content (AvgIpc) is 3.54. The minimum atomic E-state index is -1.66. The highest BCUT2D eigenvalue weighted by Gasteiger charge is 2.37. The standard InChI is InChI=1S/C26H33F2NO3S/c1-7-32-21(30)14-20(29-33(31)26(4,5)6)23-24(27)18(17-11-12-17)13-19(25(23)28)22-15(2)9-8-10-16(22)3/h8-10,13,17,20,29H,7,11-12,14H2,1-6H3/t20-,33?/m0/s1. The summed E-state index contributed by atoms with van der Waals surface area (Å²) in [4.78, 5) is 12.4. The molecule has 0 radical (unpaired) electrons. The molecule has 2 aromatic carbocycles. The first-order valence-corrected chi connectivity index (χ1v) is 12.5. The van der Waals surface area contributed by atoms with Crippen molar-refractivity contribution in [2.45, 2.75) is 77.5 Å². The molecule has 0 bridgehead atoms. The summed E-state index contributed by atoms with van der Waals surface area (Å²) in [5.74, 6) is -1.99. The topological polar surface area (TPSA) is 61.4 Å². The number of carbonyl (C=O) groups excluding carboxylic acids is 1. The molecule has 0 heterocycles. The number of hydrogen-bond donors (Lipinski definition) is 1. The van der Waals surface area contributed by atoms with E-state index in [2.05, 4.69) is 4.72 Å². The Morgan fingerprint density at radius 2 is 1.82 bits per heavy atom. The van der Waals surface area contributed by atoms with Crippen LogP contribution < -0.4 is 4.72 Å². The lowest BCUT2D eigenvalue weighted by molar-refractivity contribution is -0.143. The third kappa shape index (κ3) is 5.76. The van der Waals surface area contributed by atoms with Crippen LogP contribution >= 0.6 is 0 Å². The molecule has 1 fully saturated rings. The number of nitrogens with one attached hydrogen (secondary N) is 1. The van der Waals surface area contributed by atoms with Gasteiger partial charge in [0.2, 0.25) is 0 Å². The van der Waals surface area contributed by atoms with Crippen molar-refractivity contribution in [1.29, 1.82) is 0 Å². The predicted molar refractivity (Wildman–Crippen MR) is 128 cm³/mol. The lowest BCUT2D eigenvalue weighted by Crippen LogP contribution is -2.42. The number of carbonyl (C=O) groups is 1. The van der Waals surface area contributed by atoms with E-state index in [-0.39, 0.29) is 24.5 Å². The first-order valence-electron chi connectivity index (χ1n) is 11.4.